The van der Waals surface area contributed by atoms with Crippen molar-refractivity contribution in [3.05, 3.63) is 65.5 Å². The molecule has 1 aromatic heterocycles. The van der Waals surface area contributed by atoms with Crippen molar-refractivity contribution in [3.8, 4) is 17.2 Å². The molecular weight excluding hydrogens is 328 g/mol. The Labute approximate surface area is 144 Å². The number of ether oxygens (including phenoxy) is 1. The lowest BCUT2D eigenvalue weighted by Crippen LogP contribution is -2.15. The number of hydrogen-bond donors (Lipinski definition) is 1. The fraction of sp³-hybridized carbons (Fsp3) is 0.111. The molecule has 6 heteroatoms. The first-order valence-corrected chi connectivity index (χ1v) is 7.66. The molecule has 0 atom stereocenters. The van der Waals surface area contributed by atoms with Crippen LogP contribution in [0.15, 0.2) is 59.2 Å². The highest BCUT2D eigenvalue weighted by Crippen LogP contribution is 2.27. The van der Waals surface area contributed by atoms with Crippen LogP contribution >= 0.6 is 11.6 Å². The molecule has 0 fully saturated rings. The lowest BCUT2D eigenvalue weighted by molar-refractivity contribution is -0.115. The maximum Gasteiger partial charge on any atom is 0.230 e. The fourth-order valence-corrected chi connectivity index (χ4v) is 2.41. The predicted molar refractivity (Wildman–Crippen MR) is 92.3 cm³/mol. The van der Waals surface area contributed by atoms with E-state index in [1.807, 2.05) is 30.3 Å². The van der Waals surface area contributed by atoms with Gasteiger partial charge in [-0.05, 0) is 30.3 Å². The van der Waals surface area contributed by atoms with E-state index in [4.69, 9.17) is 20.8 Å². The van der Waals surface area contributed by atoms with E-state index in [0.717, 1.165) is 5.56 Å². The van der Waals surface area contributed by atoms with E-state index in [9.17, 15) is 4.79 Å². The lowest BCUT2D eigenvalue weighted by Gasteiger charge is -2.09. The number of nitrogens with one attached hydrogen (secondary N) is 1. The van der Waals surface area contributed by atoms with Crippen molar-refractivity contribution < 1.29 is 13.9 Å². The van der Waals surface area contributed by atoms with Gasteiger partial charge in [-0.2, -0.15) is 0 Å². The minimum atomic E-state index is -0.233. The van der Waals surface area contributed by atoms with Gasteiger partial charge in [-0.1, -0.05) is 29.8 Å². The van der Waals surface area contributed by atoms with E-state index >= 15 is 0 Å². The van der Waals surface area contributed by atoms with Gasteiger partial charge < -0.3 is 14.5 Å². The standard InChI is InChI=1S/C18H15ClN2O3/c1-23-16-8-7-13(19)9-15(16)21-17(22)10-14-11-24-18(20-14)12-5-3-2-4-6-12/h2-9,11H,10H2,1H3,(H,21,22). The van der Waals surface area contributed by atoms with Crippen molar-refractivity contribution in [2.24, 2.45) is 0 Å². The molecule has 5 nitrogen and oxygen atoms in total. The van der Waals surface area contributed by atoms with Gasteiger partial charge in [0.1, 0.15) is 12.0 Å². The third-order valence-corrected chi connectivity index (χ3v) is 3.58. The topological polar surface area (TPSA) is 64.4 Å². The van der Waals surface area contributed by atoms with E-state index in [1.165, 1.54) is 13.4 Å². The van der Waals surface area contributed by atoms with Crippen LogP contribution in [-0.2, 0) is 11.2 Å². The Kier molecular flexibility index (Phi) is 4.82. The molecule has 0 unspecified atom stereocenters. The van der Waals surface area contributed by atoms with Gasteiger partial charge in [0.15, 0.2) is 0 Å². The van der Waals surface area contributed by atoms with Crippen LogP contribution < -0.4 is 10.1 Å². The molecule has 2 aromatic carbocycles. The maximum absolute atomic E-state index is 12.2. The highest BCUT2D eigenvalue weighted by atomic mass is 35.5. The van der Waals surface area contributed by atoms with Crippen LogP contribution in [0.1, 0.15) is 5.69 Å². The summed E-state index contributed by atoms with van der Waals surface area (Å²) >= 11 is 5.95. The summed E-state index contributed by atoms with van der Waals surface area (Å²) in [4.78, 5) is 16.6. The first-order chi connectivity index (χ1) is 11.7. The third kappa shape index (κ3) is 3.75. The summed E-state index contributed by atoms with van der Waals surface area (Å²) in [5, 5.41) is 3.28. The van der Waals surface area contributed by atoms with Gasteiger partial charge in [-0.15, -0.1) is 0 Å². The minimum absolute atomic E-state index is 0.0893. The van der Waals surface area contributed by atoms with Gasteiger partial charge in [-0.3, -0.25) is 4.79 Å². The Morgan fingerprint density at radius 1 is 1.25 bits per heavy atom. The molecule has 0 bridgehead atoms. The lowest BCUT2D eigenvalue weighted by atomic mass is 10.2. The second kappa shape index (κ2) is 7.19. The molecule has 122 valence electrons. The van der Waals surface area contributed by atoms with E-state index in [1.54, 1.807) is 18.2 Å². The molecule has 3 rings (SSSR count). The average Bonchev–Trinajstić information content (AvgIpc) is 3.04. The molecule has 1 amide bonds. The van der Waals surface area contributed by atoms with Crippen LogP contribution in [0.25, 0.3) is 11.5 Å². The Bertz CT molecular complexity index is 846. The number of anilines is 1. The number of benzene rings is 2. The number of carbonyl (C=O) groups is 1. The molecule has 0 saturated carbocycles. The summed E-state index contributed by atoms with van der Waals surface area (Å²) in [5.41, 5.74) is 1.93. The van der Waals surface area contributed by atoms with Crippen molar-refractivity contribution in [2.75, 3.05) is 12.4 Å². The molecule has 3 aromatic rings. The highest BCUT2D eigenvalue weighted by molar-refractivity contribution is 6.31. The summed E-state index contributed by atoms with van der Waals surface area (Å²) in [6.07, 6.45) is 1.57. The molecule has 0 aliphatic rings. The largest absolute Gasteiger partial charge is 0.495 e. The molecule has 0 saturated heterocycles. The molecule has 0 aliphatic carbocycles. The zero-order valence-electron chi connectivity index (χ0n) is 13.0. The van der Waals surface area contributed by atoms with Crippen LogP contribution in [0, 0.1) is 0 Å². The number of hydrogen-bond acceptors (Lipinski definition) is 4. The second-order valence-corrected chi connectivity index (χ2v) is 5.52. The van der Waals surface area contributed by atoms with Gasteiger partial charge in [0.05, 0.1) is 24.9 Å². The number of nitrogens with zero attached hydrogens (tertiary/aromatic N) is 1. The number of halogens is 1. The zero-order chi connectivity index (χ0) is 16.9. The zero-order valence-corrected chi connectivity index (χ0v) is 13.7. The quantitative estimate of drug-likeness (QED) is 0.755. The highest BCUT2D eigenvalue weighted by Gasteiger charge is 2.12. The second-order valence-electron chi connectivity index (χ2n) is 5.08. The molecular formula is C18H15ClN2O3. The average molecular weight is 343 g/mol. The summed E-state index contributed by atoms with van der Waals surface area (Å²) in [7, 11) is 1.53. The smallest absolute Gasteiger partial charge is 0.230 e. The number of aromatic nitrogens is 1. The van der Waals surface area contributed by atoms with Gasteiger partial charge in [-0.25, -0.2) is 4.98 Å². The molecule has 0 radical (unpaired) electrons. The molecule has 1 heterocycles. The summed E-state index contributed by atoms with van der Waals surface area (Å²) in [6.45, 7) is 0. The van der Waals surface area contributed by atoms with Crippen LogP contribution in [0.2, 0.25) is 5.02 Å². The predicted octanol–water partition coefficient (Wildman–Crippen LogP) is 4.18. The first kappa shape index (κ1) is 16.1. The van der Waals surface area contributed by atoms with Gasteiger partial charge in [0.2, 0.25) is 11.8 Å². The van der Waals surface area contributed by atoms with Crippen molar-refractivity contribution in [1.29, 1.82) is 0 Å². The van der Waals surface area contributed by atoms with Crippen LogP contribution in [0.3, 0.4) is 0 Å². The number of rotatable bonds is 5. The van der Waals surface area contributed by atoms with E-state index < -0.39 is 0 Å². The van der Waals surface area contributed by atoms with Crippen LogP contribution in [0.5, 0.6) is 5.75 Å². The Balaban J connectivity index is 1.70. The van der Waals surface area contributed by atoms with Gasteiger partial charge in [0, 0.05) is 10.6 Å². The number of carbonyl (C=O) groups excluding carboxylic acids is 1. The minimum Gasteiger partial charge on any atom is -0.495 e. The third-order valence-electron chi connectivity index (χ3n) is 3.35. The molecule has 24 heavy (non-hydrogen) atoms. The maximum atomic E-state index is 12.2. The van der Waals surface area contributed by atoms with E-state index in [-0.39, 0.29) is 12.3 Å². The SMILES string of the molecule is COc1ccc(Cl)cc1NC(=O)Cc1coc(-c2ccccc2)n1. The molecule has 0 aliphatic heterocycles. The van der Waals surface area contributed by atoms with E-state index in [0.29, 0.717) is 28.0 Å². The van der Waals surface area contributed by atoms with Crippen LogP contribution in [-0.4, -0.2) is 18.0 Å². The van der Waals surface area contributed by atoms with Crippen molar-refractivity contribution in [1.82, 2.24) is 4.98 Å². The normalized spacial score (nSPS) is 10.4. The summed E-state index contributed by atoms with van der Waals surface area (Å²) < 4.78 is 10.6. The van der Waals surface area contributed by atoms with Crippen molar-refractivity contribution >= 4 is 23.2 Å². The Morgan fingerprint density at radius 2 is 2.04 bits per heavy atom. The number of methoxy groups -OCH3 is 1. The molecule has 0 spiro atoms. The first-order valence-electron chi connectivity index (χ1n) is 7.29. The summed E-state index contributed by atoms with van der Waals surface area (Å²) in [5.74, 6) is 0.792. The number of amides is 1. The summed E-state index contributed by atoms with van der Waals surface area (Å²) in [6, 6.07) is 14.5. The van der Waals surface area contributed by atoms with E-state index in [2.05, 4.69) is 10.3 Å². The monoisotopic (exact) mass is 342 g/mol. The van der Waals surface area contributed by atoms with Gasteiger partial charge in [0.25, 0.3) is 0 Å². The molecule has 1 N–H and O–H groups in total. The van der Waals surface area contributed by atoms with Crippen molar-refractivity contribution in [2.45, 2.75) is 6.42 Å². The Hall–Kier alpha value is -2.79. The van der Waals surface area contributed by atoms with Crippen LogP contribution in [0.4, 0.5) is 5.69 Å². The Morgan fingerprint density at radius 3 is 2.79 bits per heavy atom. The van der Waals surface area contributed by atoms with Crippen molar-refractivity contribution in [3.63, 3.8) is 0 Å². The number of oxazole rings is 1. The van der Waals surface area contributed by atoms with Gasteiger partial charge >= 0.3 is 0 Å². The fourth-order valence-electron chi connectivity index (χ4n) is 2.24.